The Labute approximate surface area is 321 Å². The Kier molecular flexibility index (Phi) is 34.6. The Morgan fingerprint density at radius 3 is 1.58 bits per heavy atom. The van der Waals surface area contributed by atoms with Crippen molar-refractivity contribution in [3.8, 4) is 0 Å². The van der Waals surface area contributed by atoms with Gasteiger partial charge in [0.15, 0.2) is 0 Å². The lowest BCUT2D eigenvalue weighted by Gasteiger charge is -2.29. The van der Waals surface area contributed by atoms with E-state index in [-0.39, 0.29) is 19.1 Å². The molecule has 1 amide bonds. The molecule has 0 saturated heterocycles. The van der Waals surface area contributed by atoms with E-state index in [1.54, 1.807) is 6.08 Å². The number of phosphoric ester groups is 1. The van der Waals surface area contributed by atoms with Crippen molar-refractivity contribution in [2.24, 2.45) is 0 Å². The minimum Gasteiger partial charge on any atom is -0.756 e. The van der Waals surface area contributed by atoms with Crippen LogP contribution in [0.5, 0.6) is 0 Å². The van der Waals surface area contributed by atoms with E-state index in [9.17, 15) is 19.4 Å². The molecule has 0 aliphatic rings. The molecule has 0 bridgehead atoms. The van der Waals surface area contributed by atoms with Crippen LogP contribution in [0.2, 0.25) is 0 Å². The van der Waals surface area contributed by atoms with E-state index in [1.165, 1.54) is 122 Å². The van der Waals surface area contributed by atoms with Crippen molar-refractivity contribution in [3.05, 3.63) is 36.5 Å². The number of aliphatic hydroxyl groups excluding tert-OH is 1. The SMILES string of the molecule is CCC/C=C\CCCCCCCC/C=C/[C@@H](O)[C@H](COP(=O)([O-])OCC[N+](C)(C)C)NC(=O)CCCCCCCCC/C=C\CCCCCCCC. The summed E-state index contributed by atoms with van der Waals surface area (Å²) >= 11 is 0. The molecule has 9 heteroatoms. The largest absolute Gasteiger partial charge is 0.756 e. The molecule has 52 heavy (non-hydrogen) atoms. The fourth-order valence-corrected chi connectivity index (χ4v) is 6.58. The first-order valence-corrected chi connectivity index (χ1v) is 22.8. The Morgan fingerprint density at radius 2 is 1.10 bits per heavy atom. The van der Waals surface area contributed by atoms with E-state index >= 15 is 0 Å². The number of unbranched alkanes of at least 4 members (excludes halogenated alkanes) is 21. The molecule has 0 aliphatic carbocycles. The van der Waals surface area contributed by atoms with Gasteiger partial charge in [0, 0.05) is 6.42 Å². The van der Waals surface area contributed by atoms with E-state index in [2.05, 4.69) is 43.5 Å². The molecule has 0 rings (SSSR count). The number of nitrogens with zero attached hydrogens (tertiary/aromatic N) is 1. The van der Waals surface area contributed by atoms with Crippen molar-refractivity contribution >= 4 is 13.7 Å². The summed E-state index contributed by atoms with van der Waals surface area (Å²) in [5, 5.41) is 13.7. The predicted molar refractivity (Wildman–Crippen MR) is 219 cm³/mol. The van der Waals surface area contributed by atoms with Gasteiger partial charge in [-0.15, -0.1) is 0 Å². The lowest BCUT2D eigenvalue weighted by molar-refractivity contribution is -0.870. The fraction of sp³-hybridized carbons (Fsp3) is 0.837. The second-order valence-corrected chi connectivity index (χ2v) is 17.1. The van der Waals surface area contributed by atoms with Crippen molar-refractivity contribution in [2.75, 3.05) is 40.9 Å². The molecule has 0 aromatic heterocycles. The minimum atomic E-state index is -4.59. The van der Waals surface area contributed by atoms with Crippen LogP contribution in [0, 0.1) is 0 Å². The van der Waals surface area contributed by atoms with Crippen molar-refractivity contribution in [2.45, 2.75) is 193 Å². The summed E-state index contributed by atoms with van der Waals surface area (Å²) in [4.78, 5) is 25.2. The maximum absolute atomic E-state index is 12.8. The van der Waals surface area contributed by atoms with Gasteiger partial charge in [-0.25, -0.2) is 0 Å². The molecule has 3 atom stereocenters. The fourth-order valence-electron chi connectivity index (χ4n) is 5.85. The molecule has 0 aromatic rings. The molecule has 2 N–H and O–H groups in total. The average molecular weight is 755 g/mol. The van der Waals surface area contributed by atoms with Crippen molar-refractivity contribution in [1.82, 2.24) is 5.32 Å². The number of hydrogen-bond donors (Lipinski definition) is 2. The van der Waals surface area contributed by atoms with Gasteiger partial charge in [-0.05, 0) is 64.2 Å². The first-order valence-electron chi connectivity index (χ1n) is 21.4. The average Bonchev–Trinajstić information content (AvgIpc) is 3.09. The topological polar surface area (TPSA) is 108 Å². The quantitative estimate of drug-likeness (QED) is 0.0281. The van der Waals surface area contributed by atoms with Crippen molar-refractivity contribution in [3.63, 3.8) is 0 Å². The number of allylic oxidation sites excluding steroid dienone is 5. The second-order valence-electron chi connectivity index (χ2n) is 15.7. The third-order valence-electron chi connectivity index (χ3n) is 9.29. The number of carbonyl (C=O) groups excluding carboxylic acids is 1. The molecule has 0 aromatic carbocycles. The molecular weight excluding hydrogens is 671 g/mol. The Hall–Kier alpha value is -1.28. The number of phosphoric acid groups is 1. The van der Waals surface area contributed by atoms with Gasteiger partial charge in [-0.3, -0.25) is 9.36 Å². The van der Waals surface area contributed by atoms with E-state index < -0.39 is 20.0 Å². The maximum atomic E-state index is 12.8. The molecule has 0 saturated carbocycles. The number of aliphatic hydroxyl groups is 1. The smallest absolute Gasteiger partial charge is 0.268 e. The lowest BCUT2D eigenvalue weighted by Crippen LogP contribution is -2.45. The lowest BCUT2D eigenvalue weighted by atomic mass is 10.1. The zero-order valence-corrected chi connectivity index (χ0v) is 35.4. The zero-order chi connectivity index (χ0) is 38.6. The molecule has 1 unspecified atom stereocenters. The van der Waals surface area contributed by atoms with Crippen molar-refractivity contribution < 1.29 is 32.9 Å². The molecule has 8 nitrogen and oxygen atoms in total. The summed E-state index contributed by atoms with van der Waals surface area (Å²) in [6.45, 7) is 4.57. The second kappa shape index (κ2) is 35.4. The van der Waals surface area contributed by atoms with Crippen LogP contribution in [0.1, 0.15) is 181 Å². The maximum Gasteiger partial charge on any atom is 0.268 e. The van der Waals surface area contributed by atoms with E-state index in [4.69, 9.17) is 9.05 Å². The number of likely N-dealkylation sites (N-methyl/N-ethyl adjacent to an activating group) is 1. The van der Waals surface area contributed by atoms with Crippen LogP contribution in [-0.4, -0.2) is 68.5 Å². The third-order valence-corrected chi connectivity index (χ3v) is 10.3. The number of rotatable bonds is 38. The molecule has 0 aliphatic heterocycles. The van der Waals surface area contributed by atoms with Crippen LogP contribution in [0.4, 0.5) is 0 Å². The number of amides is 1. The van der Waals surface area contributed by atoms with Crippen LogP contribution < -0.4 is 10.2 Å². The van der Waals surface area contributed by atoms with Crippen LogP contribution >= 0.6 is 7.82 Å². The van der Waals surface area contributed by atoms with Crippen LogP contribution in [-0.2, 0) is 18.4 Å². The van der Waals surface area contributed by atoms with Gasteiger partial charge in [-0.1, -0.05) is 147 Å². The standard InChI is InChI=1S/C43H83N2O6P/c1-6-8-10-12-14-16-18-20-21-22-23-25-27-29-31-33-35-37-43(47)44-41(40-51-52(48,49)50-39-38-45(3,4)5)42(46)36-34-32-30-28-26-24-19-17-15-13-11-9-7-2/h11,13,20-21,34,36,41-42,46H,6-10,12,14-19,22-33,35,37-40H2,1-5H3,(H-,44,47,48,49)/b13-11-,21-20-,36-34+/t41-,42+/m0/s1. The Bertz CT molecular complexity index is 948. The first kappa shape index (κ1) is 50.7. The summed E-state index contributed by atoms with van der Waals surface area (Å²) in [5.41, 5.74) is 0. The number of hydrogen-bond acceptors (Lipinski definition) is 6. The normalized spacial score (nSPS) is 14.8. The Balaban J connectivity index is 4.45. The highest BCUT2D eigenvalue weighted by molar-refractivity contribution is 7.45. The number of carbonyl (C=O) groups is 1. The Morgan fingerprint density at radius 1 is 0.654 bits per heavy atom. The van der Waals surface area contributed by atoms with Crippen molar-refractivity contribution in [1.29, 1.82) is 0 Å². The van der Waals surface area contributed by atoms with E-state index in [0.29, 0.717) is 17.4 Å². The van der Waals surface area contributed by atoms with E-state index in [1.807, 2.05) is 27.2 Å². The number of nitrogens with one attached hydrogen (secondary N) is 1. The molecular formula is C43H83N2O6P. The van der Waals surface area contributed by atoms with Crippen LogP contribution in [0.15, 0.2) is 36.5 Å². The highest BCUT2D eigenvalue weighted by atomic mass is 31.2. The van der Waals surface area contributed by atoms with Gasteiger partial charge in [0.05, 0.1) is 39.9 Å². The highest BCUT2D eigenvalue weighted by Gasteiger charge is 2.23. The van der Waals surface area contributed by atoms with Gasteiger partial charge < -0.3 is 28.8 Å². The highest BCUT2D eigenvalue weighted by Crippen LogP contribution is 2.38. The van der Waals surface area contributed by atoms with Gasteiger partial charge in [0.2, 0.25) is 5.91 Å². The summed E-state index contributed by atoms with van der Waals surface area (Å²) in [6, 6.07) is -0.890. The summed E-state index contributed by atoms with van der Waals surface area (Å²) < 4.78 is 23.1. The van der Waals surface area contributed by atoms with Crippen LogP contribution in [0.3, 0.4) is 0 Å². The first-order chi connectivity index (χ1) is 25.0. The molecule has 0 fully saturated rings. The van der Waals surface area contributed by atoms with Gasteiger partial charge in [0.1, 0.15) is 13.2 Å². The summed E-state index contributed by atoms with van der Waals surface area (Å²) in [7, 11) is 1.25. The van der Waals surface area contributed by atoms with Crippen LogP contribution in [0.25, 0.3) is 0 Å². The zero-order valence-electron chi connectivity index (χ0n) is 34.5. The van der Waals surface area contributed by atoms with Gasteiger partial charge in [0.25, 0.3) is 7.82 Å². The predicted octanol–water partition coefficient (Wildman–Crippen LogP) is 10.9. The number of quaternary nitrogens is 1. The molecule has 0 heterocycles. The molecule has 306 valence electrons. The van der Waals surface area contributed by atoms with E-state index in [0.717, 1.165) is 38.5 Å². The summed E-state index contributed by atoms with van der Waals surface area (Å²) in [6.07, 6.45) is 41.8. The van der Waals surface area contributed by atoms with Gasteiger partial charge in [-0.2, -0.15) is 0 Å². The molecule has 0 radical (unpaired) electrons. The van der Waals surface area contributed by atoms with Gasteiger partial charge >= 0.3 is 0 Å². The third kappa shape index (κ3) is 37.1. The summed E-state index contributed by atoms with van der Waals surface area (Å²) in [5.74, 6) is -0.207. The minimum absolute atomic E-state index is 0.00385. The monoisotopic (exact) mass is 755 g/mol. The molecule has 0 spiro atoms.